The molecule has 0 saturated carbocycles. The molecule has 1 aromatic carbocycles. The number of ether oxygens (including phenoxy) is 1. The highest BCUT2D eigenvalue weighted by atomic mass is 32.2. The smallest absolute Gasteiger partial charge is 0.306 e. The van der Waals surface area contributed by atoms with Crippen molar-refractivity contribution in [1.82, 2.24) is 5.32 Å². The molecule has 1 aromatic rings. The van der Waals surface area contributed by atoms with Crippen molar-refractivity contribution < 1.29 is 19.1 Å². The summed E-state index contributed by atoms with van der Waals surface area (Å²) >= 11 is 1.35. The Bertz CT molecular complexity index is 519. The molecule has 0 aromatic heterocycles. The van der Waals surface area contributed by atoms with Crippen molar-refractivity contribution in [1.29, 1.82) is 0 Å². The number of amides is 2. The summed E-state index contributed by atoms with van der Waals surface area (Å²) in [5.74, 6) is 0.0817. The van der Waals surface area contributed by atoms with Crippen LogP contribution in [0.2, 0.25) is 0 Å². The lowest BCUT2D eigenvalue weighted by molar-refractivity contribution is -0.140. The largest absolute Gasteiger partial charge is 0.469 e. The summed E-state index contributed by atoms with van der Waals surface area (Å²) in [5, 5.41) is 5.23. The first-order valence-corrected chi connectivity index (χ1v) is 7.49. The number of carbonyl (C=O) groups excluding carboxylic acids is 3. The van der Waals surface area contributed by atoms with Crippen LogP contribution in [0.15, 0.2) is 24.3 Å². The van der Waals surface area contributed by atoms with Gasteiger partial charge in [-0.1, -0.05) is 6.07 Å². The number of nitrogens with one attached hydrogen (secondary N) is 2. The highest BCUT2D eigenvalue weighted by molar-refractivity contribution is 7.99. The molecular weight excluding hydrogens is 292 g/mol. The number of methoxy groups -OCH3 is 1. The fraction of sp³-hybridized carbons (Fsp3) is 0.357. The van der Waals surface area contributed by atoms with Gasteiger partial charge in [-0.3, -0.25) is 14.4 Å². The maximum Gasteiger partial charge on any atom is 0.306 e. The molecule has 2 amide bonds. The molecule has 6 nitrogen and oxygen atoms in total. The lowest BCUT2D eigenvalue weighted by Gasteiger charge is -2.07. The minimum atomic E-state index is -0.291. The van der Waals surface area contributed by atoms with Crippen molar-refractivity contribution in [2.75, 3.05) is 31.0 Å². The van der Waals surface area contributed by atoms with Crippen molar-refractivity contribution in [3.05, 3.63) is 29.8 Å². The van der Waals surface area contributed by atoms with E-state index in [0.29, 0.717) is 17.0 Å². The van der Waals surface area contributed by atoms with E-state index in [2.05, 4.69) is 15.4 Å². The number of anilines is 1. The molecular formula is C14H18N2O4S. The van der Waals surface area contributed by atoms with Gasteiger partial charge in [0.1, 0.15) is 0 Å². The molecule has 0 bridgehead atoms. The Hall–Kier alpha value is -2.02. The predicted molar refractivity (Wildman–Crippen MR) is 82.4 cm³/mol. The third kappa shape index (κ3) is 6.31. The van der Waals surface area contributed by atoms with Crippen LogP contribution in [0.25, 0.3) is 0 Å². The molecule has 0 unspecified atom stereocenters. The molecule has 0 fully saturated rings. The zero-order valence-corrected chi connectivity index (χ0v) is 12.8. The Balaban J connectivity index is 2.41. The molecule has 0 atom stereocenters. The van der Waals surface area contributed by atoms with Crippen LogP contribution in [0.5, 0.6) is 0 Å². The minimum absolute atomic E-state index is 0.182. The SMILES string of the molecule is CNC(=O)c1cccc(NC(=O)CSCCC(=O)OC)c1. The molecule has 0 spiro atoms. The number of hydrogen-bond acceptors (Lipinski definition) is 5. The first kappa shape index (κ1) is 17.0. The van der Waals surface area contributed by atoms with Gasteiger partial charge in [-0.2, -0.15) is 11.8 Å². The third-order valence-corrected chi connectivity index (χ3v) is 3.51. The standard InChI is InChI=1S/C14H18N2O4S/c1-15-14(19)10-4-3-5-11(8-10)16-12(17)9-21-7-6-13(18)20-2/h3-5,8H,6-7,9H2,1-2H3,(H,15,19)(H,16,17). The average molecular weight is 310 g/mol. The van der Waals surface area contributed by atoms with Gasteiger partial charge in [0.15, 0.2) is 0 Å². The summed E-state index contributed by atoms with van der Waals surface area (Å²) < 4.78 is 4.51. The highest BCUT2D eigenvalue weighted by Crippen LogP contribution is 2.12. The van der Waals surface area contributed by atoms with Crippen molar-refractivity contribution in [2.45, 2.75) is 6.42 Å². The number of rotatable bonds is 7. The monoisotopic (exact) mass is 310 g/mol. The number of carbonyl (C=O) groups is 3. The van der Waals surface area contributed by atoms with Crippen molar-refractivity contribution in [3.63, 3.8) is 0 Å². The van der Waals surface area contributed by atoms with Gasteiger partial charge in [0.05, 0.1) is 19.3 Å². The first-order valence-electron chi connectivity index (χ1n) is 6.33. The number of esters is 1. The highest BCUT2D eigenvalue weighted by Gasteiger charge is 2.07. The normalized spacial score (nSPS) is 9.81. The third-order valence-electron chi connectivity index (χ3n) is 2.55. The molecule has 114 valence electrons. The van der Waals surface area contributed by atoms with Crippen LogP contribution in [0.3, 0.4) is 0 Å². The maximum atomic E-state index is 11.7. The number of benzene rings is 1. The second-order valence-corrected chi connectivity index (χ2v) is 5.19. The van der Waals surface area contributed by atoms with Crippen molar-refractivity contribution in [3.8, 4) is 0 Å². The van der Waals surface area contributed by atoms with Gasteiger partial charge in [0.25, 0.3) is 5.91 Å². The summed E-state index contributed by atoms with van der Waals surface area (Å²) in [7, 11) is 2.88. The van der Waals surface area contributed by atoms with E-state index in [-0.39, 0.29) is 30.0 Å². The molecule has 2 N–H and O–H groups in total. The molecule has 21 heavy (non-hydrogen) atoms. The van der Waals surface area contributed by atoms with Crippen LogP contribution in [0, 0.1) is 0 Å². The first-order chi connectivity index (χ1) is 10.1. The van der Waals surface area contributed by atoms with Gasteiger partial charge in [-0.25, -0.2) is 0 Å². The van der Waals surface area contributed by atoms with Gasteiger partial charge < -0.3 is 15.4 Å². The second-order valence-electron chi connectivity index (χ2n) is 4.09. The summed E-state index contributed by atoms with van der Waals surface area (Å²) in [6.45, 7) is 0. The zero-order chi connectivity index (χ0) is 15.7. The van der Waals surface area contributed by atoms with Crippen LogP contribution >= 0.6 is 11.8 Å². The Morgan fingerprint density at radius 3 is 2.71 bits per heavy atom. The van der Waals surface area contributed by atoms with E-state index in [9.17, 15) is 14.4 Å². The molecule has 0 aliphatic rings. The Morgan fingerprint density at radius 2 is 2.05 bits per heavy atom. The van der Waals surface area contributed by atoms with Crippen molar-refractivity contribution in [2.24, 2.45) is 0 Å². The topological polar surface area (TPSA) is 84.5 Å². The molecule has 0 aliphatic heterocycles. The van der Waals surface area contributed by atoms with Crippen LogP contribution in [0.4, 0.5) is 5.69 Å². The summed E-state index contributed by atoms with van der Waals surface area (Å²) in [5.41, 5.74) is 1.04. The summed E-state index contributed by atoms with van der Waals surface area (Å²) in [4.78, 5) is 34.1. The molecule has 7 heteroatoms. The van der Waals surface area contributed by atoms with Gasteiger partial charge in [-0.15, -0.1) is 0 Å². The molecule has 0 radical (unpaired) electrons. The maximum absolute atomic E-state index is 11.7. The van der Waals surface area contributed by atoms with Gasteiger partial charge in [0, 0.05) is 24.1 Å². The lowest BCUT2D eigenvalue weighted by Crippen LogP contribution is -2.19. The van der Waals surface area contributed by atoms with Crippen LogP contribution in [0.1, 0.15) is 16.8 Å². The Kier molecular flexibility index (Phi) is 7.31. The average Bonchev–Trinajstić information content (AvgIpc) is 2.50. The summed E-state index contributed by atoms with van der Waals surface area (Å²) in [6, 6.07) is 6.68. The Morgan fingerprint density at radius 1 is 1.29 bits per heavy atom. The number of thioether (sulfide) groups is 1. The molecule has 0 heterocycles. The fourth-order valence-electron chi connectivity index (χ4n) is 1.50. The van der Waals surface area contributed by atoms with Crippen LogP contribution in [-0.2, 0) is 14.3 Å². The molecule has 0 aliphatic carbocycles. The Labute approximate surface area is 127 Å². The molecule has 0 saturated heterocycles. The van der Waals surface area contributed by atoms with E-state index in [1.807, 2.05) is 0 Å². The summed E-state index contributed by atoms with van der Waals surface area (Å²) in [6.07, 6.45) is 0.278. The zero-order valence-electron chi connectivity index (χ0n) is 12.0. The van der Waals surface area contributed by atoms with Gasteiger partial charge in [0.2, 0.25) is 5.91 Å². The van der Waals surface area contributed by atoms with Crippen molar-refractivity contribution >= 4 is 35.2 Å². The van der Waals surface area contributed by atoms with E-state index in [4.69, 9.17) is 0 Å². The van der Waals surface area contributed by atoms with E-state index in [0.717, 1.165) is 0 Å². The minimum Gasteiger partial charge on any atom is -0.469 e. The quantitative estimate of drug-likeness (QED) is 0.585. The lowest BCUT2D eigenvalue weighted by atomic mass is 10.2. The second kappa shape index (κ2) is 9.02. The van der Waals surface area contributed by atoms with Gasteiger partial charge in [-0.05, 0) is 18.2 Å². The van der Waals surface area contributed by atoms with E-state index >= 15 is 0 Å². The van der Waals surface area contributed by atoms with Gasteiger partial charge >= 0.3 is 5.97 Å². The predicted octanol–water partition coefficient (Wildman–Crippen LogP) is 1.28. The van der Waals surface area contributed by atoms with Crippen LogP contribution in [-0.4, -0.2) is 43.4 Å². The molecule has 1 rings (SSSR count). The fourth-order valence-corrected chi connectivity index (χ4v) is 2.21. The van der Waals surface area contributed by atoms with E-state index in [1.54, 1.807) is 31.3 Å². The number of hydrogen-bond donors (Lipinski definition) is 2. The van der Waals surface area contributed by atoms with E-state index < -0.39 is 0 Å². The van der Waals surface area contributed by atoms with Crippen LogP contribution < -0.4 is 10.6 Å². The van der Waals surface area contributed by atoms with E-state index in [1.165, 1.54) is 18.9 Å².